The molecule has 3 N–H and O–H groups in total. The fraction of sp³-hybridized carbons (Fsp3) is 0.522. The topological polar surface area (TPSA) is 115 Å². The molecule has 1 aromatic carbocycles. The monoisotopic (exact) mass is 475 g/mol. The van der Waals surface area contributed by atoms with Crippen LogP contribution in [0, 0.1) is 11.6 Å². The van der Waals surface area contributed by atoms with Crippen molar-refractivity contribution < 1.29 is 28.5 Å². The minimum absolute atomic E-state index is 0.0863. The predicted molar refractivity (Wildman–Crippen MR) is 119 cm³/mol. The maximum Gasteiger partial charge on any atom is 0.223 e. The van der Waals surface area contributed by atoms with Crippen LogP contribution in [0.3, 0.4) is 0 Å². The molecule has 4 heterocycles. The van der Waals surface area contributed by atoms with Gasteiger partial charge < -0.3 is 29.6 Å². The van der Waals surface area contributed by atoms with Gasteiger partial charge in [-0.15, -0.1) is 0 Å². The van der Waals surface area contributed by atoms with Gasteiger partial charge >= 0.3 is 0 Å². The van der Waals surface area contributed by atoms with Crippen LogP contribution in [-0.4, -0.2) is 60.9 Å². The number of imidazole rings is 1. The van der Waals surface area contributed by atoms with Crippen LogP contribution in [0.4, 0.5) is 14.7 Å². The van der Waals surface area contributed by atoms with Crippen LogP contribution in [-0.2, 0) is 15.1 Å². The molecule has 5 rings (SSSR count). The predicted octanol–water partition coefficient (Wildman–Crippen LogP) is 2.87. The van der Waals surface area contributed by atoms with Crippen molar-refractivity contribution in [1.82, 2.24) is 19.5 Å². The lowest BCUT2D eigenvalue weighted by Gasteiger charge is -2.32. The lowest BCUT2D eigenvalue weighted by molar-refractivity contribution is -0.156. The molecule has 0 amide bonds. The fourth-order valence-electron chi connectivity index (χ4n) is 4.58. The van der Waals surface area contributed by atoms with E-state index in [0.29, 0.717) is 24.4 Å². The van der Waals surface area contributed by atoms with Crippen molar-refractivity contribution in [3.63, 3.8) is 0 Å². The van der Waals surface area contributed by atoms with Crippen LogP contribution in [0.5, 0.6) is 0 Å². The zero-order valence-electron chi connectivity index (χ0n) is 19.3. The summed E-state index contributed by atoms with van der Waals surface area (Å²) in [6, 6.07) is 2.19. The summed E-state index contributed by atoms with van der Waals surface area (Å²) in [5.41, 5.74) is -0.694. The van der Waals surface area contributed by atoms with Crippen LogP contribution in [0.1, 0.15) is 46.0 Å². The average molecular weight is 475 g/mol. The molecule has 11 heteroatoms. The summed E-state index contributed by atoms with van der Waals surface area (Å²) in [5, 5.41) is 24.0. The molecular weight excluding hydrogens is 448 g/mol. The van der Waals surface area contributed by atoms with Crippen molar-refractivity contribution in [3.05, 3.63) is 35.8 Å². The molecule has 2 aliphatic rings. The summed E-state index contributed by atoms with van der Waals surface area (Å²) in [6.07, 6.45) is -0.337. The first-order valence-electron chi connectivity index (χ1n) is 11.2. The highest BCUT2D eigenvalue weighted by Gasteiger charge is 2.43. The van der Waals surface area contributed by atoms with Crippen LogP contribution < -0.4 is 5.32 Å². The molecule has 0 unspecified atom stereocenters. The number of nitrogens with one attached hydrogen (secondary N) is 1. The van der Waals surface area contributed by atoms with Gasteiger partial charge in [0.1, 0.15) is 28.7 Å². The molecule has 34 heavy (non-hydrogen) atoms. The largest absolute Gasteiger partial charge is 0.386 e. The Hall–Kier alpha value is -2.73. The van der Waals surface area contributed by atoms with E-state index in [0.717, 1.165) is 6.20 Å². The van der Waals surface area contributed by atoms with Crippen molar-refractivity contribution in [2.24, 2.45) is 0 Å². The van der Waals surface area contributed by atoms with Gasteiger partial charge in [-0.2, -0.15) is 0 Å². The Balaban J connectivity index is 1.55. The van der Waals surface area contributed by atoms with Crippen LogP contribution >= 0.6 is 0 Å². The molecule has 2 aliphatic heterocycles. The van der Waals surface area contributed by atoms with E-state index in [9.17, 15) is 14.6 Å². The number of aromatic nitrogens is 4. The van der Waals surface area contributed by atoms with Crippen LogP contribution in [0.2, 0.25) is 0 Å². The van der Waals surface area contributed by atoms with E-state index in [1.54, 1.807) is 24.5 Å². The molecule has 2 fully saturated rings. The molecule has 182 valence electrons. The standard InChI is InChI=1S/C23H27F2N5O4/c1-10(2)30-16-6-11(5-13(24)18(16)28-21(30)23(3,4)32)17-14(25)8-26-22(29-17)27-15-7-12-9-33-20(34-12)19(15)31/h5-6,8,10,12,15,19-20,31-32H,7,9H2,1-4H3,(H,26,27,29)/t12-,15+,19-,20+/m0/s1. The second-order valence-electron chi connectivity index (χ2n) is 9.61. The molecule has 2 bridgehead atoms. The first-order valence-corrected chi connectivity index (χ1v) is 11.2. The van der Waals surface area contributed by atoms with Gasteiger partial charge in [-0.3, -0.25) is 0 Å². The summed E-state index contributed by atoms with van der Waals surface area (Å²) in [5.74, 6) is -0.974. The van der Waals surface area contributed by atoms with E-state index in [1.165, 1.54) is 6.07 Å². The highest BCUT2D eigenvalue weighted by atomic mass is 19.1. The third-order valence-electron chi connectivity index (χ3n) is 6.13. The molecule has 0 spiro atoms. The Morgan fingerprint density at radius 3 is 2.68 bits per heavy atom. The van der Waals surface area contributed by atoms with E-state index in [-0.39, 0.29) is 34.9 Å². The van der Waals surface area contributed by atoms with Crippen LogP contribution in [0.15, 0.2) is 18.3 Å². The molecule has 4 atom stereocenters. The average Bonchev–Trinajstić information content (AvgIpc) is 3.35. The normalized spacial score (nSPS) is 24.9. The molecule has 0 aliphatic carbocycles. The number of aliphatic hydroxyl groups is 2. The molecular formula is C23H27F2N5O4. The molecule has 2 aromatic heterocycles. The van der Waals surface area contributed by atoms with Crippen molar-refractivity contribution in [2.75, 3.05) is 11.9 Å². The minimum atomic E-state index is -1.30. The Bertz CT molecular complexity index is 1240. The molecule has 9 nitrogen and oxygen atoms in total. The number of hydrogen-bond donors (Lipinski definition) is 3. The van der Waals surface area contributed by atoms with Gasteiger partial charge in [0.2, 0.25) is 5.95 Å². The first kappa shape index (κ1) is 23.0. The zero-order chi connectivity index (χ0) is 24.4. The number of benzene rings is 1. The van der Waals surface area contributed by atoms with E-state index in [2.05, 4.69) is 20.3 Å². The molecule has 3 aromatic rings. The lowest BCUT2D eigenvalue weighted by atomic mass is 10.0. The van der Waals surface area contributed by atoms with Gasteiger partial charge in [-0.1, -0.05) is 0 Å². The molecule has 2 saturated heterocycles. The number of nitrogens with zero attached hydrogens (tertiary/aromatic N) is 4. The van der Waals surface area contributed by atoms with Gasteiger partial charge in [0.15, 0.2) is 17.9 Å². The SMILES string of the molecule is CC(C)n1c(C(C)(C)O)nc2c(F)cc(-c3nc(N[C@@H]4C[C@H]5CO[C@H](O5)[C@H]4O)ncc3F)cc21. The van der Waals surface area contributed by atoms with Gasteiger partial charge in [0, 0.05) is 11.6 Å². The lowest BCUT2D eigenvalue weighted by Crippen LogP contribution is -2.48. The number of anilines is 1. The van der Waals surface area contributed by atoms with Crippen molar-refractivity contribution in [2.45, 2.75) is 70.3 Å². The Morgan fingerprint density at radius 2 is 1.97 bits per heavy atom. The number of fused-ring (bicyclic) bond motifs is 3. The zero-order valence-corrected chi connectivity index (χ0v) is 19.3. The number of hydrogen-bond acceptors (Lipinski definition) is 8. The Kier molecular flexibility index (Phi) is 5.55. The van der Waals surface area contributed by atoms with Gasteiger partial charge in [0.05, 0.1) is 30.5 Å². The summed E-state index contributed by atoms with van der Waals surface area (Å²) < 4.78 is 42.6. The van der Waals surface area contributed by atoms with Crippen LogP contribution in [0.25, 0.3) is 22.3 Å². The highest BCUT2D eigenvalue weighted by molar-refractivity contribution is 5.83. The maximum atomic E-state index is 15.1. The summed E-state index contributed by atoms with van der Waals surface area (Å²) >= 11 is 0. The molecule has 0 radical (unpaired) electrons. The highest BCUT2D eigenvalue weighted by Crippen LogP contribution is 2.34. The summed E-state index contributed by atoms with van der Waals surface area (Å²) in [7, 11) is 0. The number of rotatable bonds is 5. The number of halogens is 2. The van der Waals surface area contributed by atoms with E-state index >= 15 is 4.39 Å². The smallest absolute Gasteiger partial charge is 0.223 e. The third-order valence-corrected chi connectivity index (χ3v) is 6.13. The van der Waals surface area contributed by atoms with E-state index < -0.39 is 35.7 Å². The van der Waals surface area contributed by atoms with E-state index in [4.69, 9.17) is 9.47 Å². The Morgan fingerprint density at radius 1 is 1.21 bits per heavy atom. The second kappa shape index (κ2) is 8.19. The first-order chi connectivity index (χ1) is 16.0. The second-order valence-corrected chi connectivity index (χ2v) is 9.61. The van der Waals surface area contributed by atoms with Crippen molar-refractivity contribution in [3.8, 4) is 11.3 Å². The third kappa shape index (κ3) is 3.92. The van der Waals surface area contributed by atoms with Crippen molar-refractivity contribution in [1.29, 1.82) is 0 Å². The van der Waals surface area contributed by atoms with Gasteiger partial charge in [0.25, 0.3) is 0 Å². The number of ether oxygens (including phenoxy) is 2. The van der Waals surface area contributed by atoms with Crippen molar-refractivity contribution >= 4 is 17.0 Å². The molecule has 0 saturated carbocycles. The van der Waals surface area contributed by atoms with E-state index in [1.807, 2.05) is 13.8 Å². The summed E-state index contributed by atoms with van der Waals surface area (Å²) in [6.45, 7) is 7.34. The summed E-state index contributed by atoms with van der Waals surface area (Å²) in [4.78, 5) is 12.6. The Labute approximate surface area is 194 Å². The number of aliphatic hydroxyl groups excluding tert-OH is 1. The van der Waals surface area contributed by atoms with Gasteiger partial charge in [-0.25, -0.2) is 23.7 Å². The fourth-order valence-corrected chi connectivity index (χ4v) is 4.58. The minimum Gasteiger partial charge on any atom is -0.386 e. The maximum absolute atomic E-state index is 15.1. The van der Waals surface area contributed by atoms with Gasteiger partial charge in [-0.05, 0) is 46.2 Å². The quantitative estimate of drug-likeness (QED) is 0.516.